The van der Waals surface area contributed by atoms with Crippen molar-refractivity contribution in [3.8, 4) is 5.75 Å². The molecule has 5 nitrogen and oxygen atoms in total. The fourth-order valence-corrected chi connectivity index (χ4v) is 2.50. The van der Waals surface area contributed by atoms with Crippen LogP contribution in [0.25, 0.3) is 0 Å². The van der Waals surface area contributed by atoms with E-state index in [2.05, 4.69) is 0 Å². The van der Waals surface area contributed by atoms with Crippen molar-refractivity contribution >= 4 is 32.4 Å². The van der Waals surface area contributed by atoms with Gasteiger partial charge in [0.2, 0.25) is 0 Å². The number of ether oxygens (including phenoxy) is 1. The SMILES string of the molecule is CCS(=O)(=O)c1cc(C(=O)Cl)c(OC)cc1N. The van der Waals surface area contributed by atoms with Gasteiger partial charge in [0.1, 0.15) is 5.75 Å². The highest BCUT2D eigenvalue weighted by atomic mass is 35.5. The maximum absolute atomic E-state index is 11.7. The topological polar surface area (TPSA) is 86.5 Å². The number of carbonyl (C=O) groups excluding carboxylic acids is 1. The second-order valence-corrected chi connectivity index (χ2v) is 5.86. The van der Waals surface area contributed by atoms with E-state index in [1.807, 2.05) is 0 Å². The summed E-state index contributed by atoms with van der Waals surface area (Å²) in [5.74, 6) is 0.0389. The molecule has 0 fully saturated rings. The molecule has 0 radical (unpaired) electrons. The minimum Gasteiger partial charge on any atom is -0.496 e. The third-order valence-corrected chi connectivity index (χ3v) is 4.25. The van der Waals surface area contributed by atoms with Crippen LogP contribution in [0.5, 0.6) is 5.75 Å². The van der Waals surface area contributed by atoms with Crippen LogP contribution in [-0.2, 0) is 9.84 Å². The molecule has 0 spiro atoms. The number of nitrogen functional groups attached to an aromatic ring is 1. The molecule has 0 aliphatic rings. The van der Waals surface area contributed by atoms with E-state index in [1.165, 1.54) is 20.1 Å². The first-order chi connectivity index (χ1) is 7.83. The Hall–Kier alpha value is -1.27. The third-order valence-electron chi connectivity index (χ3n) is 2.26. The van der Waals surface area contributed by atoms with Crippen molar-refractivity contribution in [1.29, 1.82) is 0 Å². The Morgan fingerprint density at radius 2 is 2.06 bits per heavy atom. The summed E-state index contributed by atoms with van der Waals surface area (Å²) in [4.78, 5) is 11.0. The van der Waals surface area contributed by atoms with E-state index >= 15 is 0 Å². The highest BCUT2D eigenvalue weighted by Gasteiger charge is 2.21. The van der Waals surface area contributed by atoms with Crippen LogP contribution in [0.1, 0.15) is 17.3 Å². The molecule has 0 unspecified atom stereocenters. The molecule has 1 rings (SSSR count). The number of hydrogen-bond donors (Lipinski definition) is 1. The lowest BCUT2D eigenvalue weighted by Crippen LogP contribution is -2.09. The first kappa shape index (κ1) is 13.8. The van der Waals surface area contributed by atoms with E-state index in [-0.39, 0.29) is 27.6 Å². The Kier molecular flexibility index (Phi) is 4.00. The minimum atomic E-state index is -3.50. The van der Waals surface area contributed by atoms with Crippen molar-refractivity contribution in [2.75, 3.05) is 18.6 Å². The van der Waals surface area contributed by atoms with Crippen molar-refractivity contribution < 1.29 is 17.9 Å². The Balaban J connectivity index is 3.56. The van der Waals surface area contributed by atoms with Crippen LogP contribution in [0.15, 0.2) is 17.0 Å². The lowest BCUT2D eigenvalue weighted by atomic mass is 10.2. The third kappa shape index (κ3) is 2.70. The van der Waals surface area contributed by atoms with Gasteiger partial charge in [0.25, 0.3) is 5.24 Å². The molecule has 0 amide bonds. The van der Waals surface area contributed by atoms with Crippen molar-refractivity contribution in [2.45, 2.75) is 11.8 Å². The van der Waals surface area contributed by atoms with Crippen LogP contribution in [0.2, 0.25) is 0 Å². The average molecular weight is 278 g/mol. The Bertz CT molecular complexity index is 554. The zero-order valence-electron chi connectivity index (χ0n) is 9.36. The number of nitrogens with two attached hydrogens (primary N) is 1. The van der Waals surface area contributed by atoms with Gasteiger partial charge < -0.3 is 10.5 Å². The van der Waals surface area contributed by atoms with Gasteiger partial charge in [-0.25, -0.2) is 8.42 Å². The highest BCUT2D eigenvalue weighted by molar-refractivity contribution is 7.91. The normalized spacial score (nSPS) is 11.2. The number of methoxy groups -OCH3 is 1. The zero-order valence-corrected chi connectivity index (χ0v) is 10.9. The van der Waals surface area contributed by atoms with Crippen LogP contribution in [0.3, 0.4) is 0 Å². The first-order valence-corrected chi connectivity index (χ1v) is 6.76. The van der Waals surface area contributed by atoms with Gasteiger partial charge in [-0.1, -0.05) is 6.92 Å². The molecular weight excluding hydrogens is 266 g/mol. The summed E-state index contributed by atoms with van der Waals surface area (Å²) in [6.45, 7) is 1.49. The van der Waals surface area contributed by atoms with Gasteiger partial charge in [-0.3, -0.25) is 4.79 Å². The summed E-state index contributed by atoms with van der Waals surface area (Å²) in [7, 11) is -2.16. The summed E-state index contributed by atoms with van der Waals surface area (Å²) >= 11 is 5.35. The van der Waals surface area contributed by atoms with Gasteiger partial charge in [0.15, 0.2) is 9.84 Å². The van der Waals surface area contributed by atoms with Crippen molar-refractivity contribution in [2.24, 2.45) is 0 Å². The molecule has 94 valence electrons. The van der Waals surface area contributed by atoms with Crippen molar-refractivity contribution in [1.82, 2.24) is 0 Å². The van der Waals surface area contributed by atoms with Crippen LogP contribution < -0.4 is 10.5 Å². The summed E-state index contributed by atoms with van der Waals surface area (Å²) in [5, 5.41) is -0.797. The Morgan fingerprint density at radius 3 is 2.47 bits per heavy atom. The molecule has 2 N–H and O–H groups in total. The molecule has 1 aromatic carbocycles. The van der Waals surface area contributed by atoms with Crippen LogP contribution >= 0.6 is 11.6 Å². The van der Waals surface area contributed by atoms with Crippen LogP contribution in [0, 0.1) is 0 Å². The summed E-state index contributed by atoms with van der Waals surface area (Å²) in [6.07, 6.45) is 0. The summed E-state index contributed by atoms with van der Waals surface area (Å²) < 4.78 is 28.4. The molecule has 0 aromatic heterocycles. The molecule has 0 bridgehead atoms. The van der Waals surface area contributed by atoms with Crippen molar-refractivity contribution in [3.05, 3.63) is 17.7 Å². The average Bonchev–Trinajstić information content (AvgIpc) is 2.27. The van der Waals surface area contributed by atoms with Gasteiger partial charge >= 0.3 is 0 Å². The van der Waals surface area contributed by atoms with E-state index in [9.17, 15) is 13.2 Å². The summed E-state index contributed by atoms with van der Waals surface area (Å²) in [6, 6.07) is 2.42. The summed E-state index contributed by atoms with van der Waals surface area (Å²) in [5.41, 5.74) is 5.63. The second-order valence-electron chi connectivity index (χ2n) is 3.27. The Morgan fingerprint density at radius 1 is 1.47 bits per heavy atom. The van der Waals surface area contributed by atoms with E-state index in [0.717, 1.165) is 6.07 Å². The number of hydrogen-bond acceptors (Lipinski definition) is 5. The second kappa shape index (κ2) is 4.93. The van der Waals surface area contributed by atoms with E-state index in [4.69, 9.17) is 22.1 Å². The monoisotopic (exact) mass is 277 g/mol. The maximum Gasteiger partial charge on any atom is 0.256 e. The van der Waals surface area contributed by atoms with Crippen LogP contribution in [-0.4, -0.2) is 26.5 Å². The maximum atomic E-state index is 11.7. The molecule has 7 heteroatoms. The van der Waals surface area contributed by atoms with Gasteiger partial charge in [-0.15, -0.1) is 0 Å². The van der Waals surface area contributed by atoms with E-state index in [1.54, 1.807) is 0 Å². The fraction of sp³-hybridized carbons (Fsp3) is 0.300. The quantitative estimate of drug-likeness (QED) is 0.665. The standard InChI is InChI=1S/C10H12ClNO4S/c1-3-17(14,15)9-4-6(10(11)13)8(16-2)5-7(9)12/h4-5H,3,12H2,1-2H3. The Labute approximate surface area is 104 Å². The number of rotatable bonds is 4. The predicted octanol–water partition coefficient (Wildman–Crippen LogP) is 1.45. The first-order valence-electron chi connectivity index (χ1n) is 4.73. The largest absolute Gasteiger partial charge is 0.496 e. The van der Waals surface area contributed by atoms with E-state index in [0.29, 0.717) is 0 Å². The highest BCUT2D eigenvalue weighted by Crippen LogP contribution is 2.30. The molecule has 0 saturated heterocycles. The van der Waals surface area contributed by atoms with Gasteiger partial charge in [-0.05, 0) is 17.7 Å². The minimum absolute atomic E-state index is 0.0182. The molecule has 0 saturated carbocycles. The van der Waals surface area contributed by atoms with Gasteiger partial charge in [0, 0.05) is 6.07 Å². The van der Waals surface area contributed by atoms with E-state index < -0.39 is 15.1 Å². The molecule has 0 heterocycles. The van der Waals surface area contributed by atoms with Crippen molar-refractivity contribution in [3.63, 3.8) is 0 Å². The molecule has 0 aliphatic carbocycles. The van der Waals surface area contributed by atoms with Gasteiger partial charge in [-0.2, -0.15) is 0 Å². The number of carbonyl (C=O) groups is 1. The number of benzene rings is 1. The fourth-order valence-electron chi connectivity index (χ4n) is 1.32. The number of anilines is 1. The predicted molar refractivity (Wildman–Crippen MR) is 65.3 cm³/mol. The lowest BCUT2D eigenvalue weighted by Gasteiger charge is -2.10. The smallest absolute Gasteiger partial charge is 0.256 e. The lowest BCUT2D eigenvalue weighted by molar-refractivity contribution is 0.107. The number of sulfone groups is 1. The molecular formula is C10H12ClNO4S. The molecule has 17 heavy (non-hydrogen) atoms. The molecule has 0 atom stereocenters. The molecule has 1 aromatic rings. The number of halogens is 1. The molecule has 0 aliphatic heterocycles. The van der Waals surface area contributed by atoms with Crippen LogP contribution in [0.4, 0.5) is 5.69 Å². The zero-order chi connectivity index (χ0) is 13.2. The van der Waals surface area contributed by atoms with Gasteiger partial charge in [0.05, 0.1) is 29.0 Å².